The molecule has 5 heteroatoms. The second-order valence-electron chi connectivity index (χ2n) is 4.49. The summed E-state index contributed by atoms with van der Waals surface area (Å²) in [7, 11) is -3.50. The molecule has 1 rings (SSSR count). The normalized spacial score (nSPS) is 11.8. The standard InChI is InChI=1S/C13H18N2O2S/c1-4-15(10-11(2)3)18(16,17)13-7-5-6-12(8-13)9-14/h5-8,11H,4,10H2,1-3H3. The lowest BCUT2D eigenvalue weighted by Crippen LogP contribution is -2.34. The Bertz CT molecular complexity index is 544. The topological polar surface area (TPSA) is 61.2 Å². The largest absolute Gasteiger partial charge is 0.243 e. The van der Waals surface area contributed by atoms with Crippen molar-refractivity contribution in [2.75, 3.05) is 13.1 Å². The molecule has 0 heterocycles. The molecule has 0 aliphatic rings. The van der Waals surface area contributed by atoms with E-state index in [0.717, 1.165) is 0 Å². The van der Waals surface area contributed by atoms with Crippen molar-refractivity contribution in [3.63, 3.8) is 0 Å². The zero-order valence-corrected chi connectivity index (χ0v) is 11.7. The van der Waals surface area contributed by atoms with Crippen LogP contribution in [0.4, 0.5) is 0 Å². The van der Waals surface area contributed by atoms with Gasteiger partial charge in [0, 0.05) is 13.1 Å². The van der Waals surface area contributed by atoms with Crippen LogP contribution < -0.4 is 0 Å². The molecule has 1 aromatic carbocycles. The maximum Gasteiger partial charge on any atom is 0.243 e. The third-order valence-electron chi connectivity index (χ3n) is 2.52. The molecule has 0 aliphatic carbocycles. The van der Waals surface area contributed by atoms with E-state index in [1.165, 1.54) is 16.4 Å². The number of nitriles is 1. The van der Waals surface area contributed by atoms with E-state index in [2.05, 4.69) is 0 Å². The third kappa shape index (κ3) is 3.31. The second-order valence-corrected chi connectivity index (χ2v) is 6.43. The molecule has 0 aliphatic heterocycles. The van der Waals surface area contributed by atoms with E-state index in [4.69, 9.17) is 5.26 Å². The predicted octanol–water partition coefficient (Wildman–Crippen LogP) is 2.22. The molecule has 0 N–H and O–H groups in total. The molecule has 0 saturated carbocycles. The van der Waals surface area contributed by atoms with Gasteiger partial charge in [0.1, 0.15) is 0 Å². The molecule has 4 nitrogen and oxygen atoms in total. The Labute approximate surface area is 109 Å². The van der Waals surface area contributed by atoms with E-state index in [1.54, 1.807) is 12.1 Å². The highest BCUT2D eigenvalue weighted by atomic mass is 32.2. The minimum Gasteiger partial charge on any atom is -0.207 e. The SMILES string of the molecule is CCN(CC(C)C)S(=O)(=O)c1cccc(C#N)c1. The number of benzene rings is 1. The van der Waals surface area contributed by atoms with Crippen LogP contribution in [-0.4, -0.2) is 25.8 Å². The van der Waals surface area contributed by atoms with E-state index in [9.17, 15) is 8.42 Å². The van der Waals surface area contributed by atoms with Crippen molar-refractivity contribution in [1.29, 1.82) is 5.26 Å². The van der Waals surface area contributed by atoms with Crippen LogP contribution in [0.3, 0.4) is 0 Å². The summed E-state index contributed by atoms with van der Waals surface area (Å²) in [5, 5.41) is 8.81. The van der Waals surface area contributed by atoms with Crippen molar-refractivity contribution in [2.45, 2.75) is 25.7 Å². The van der Waals surface area contributed by atoms with Crippen molar-refractivity contribution in [3.05, 3.63) is 29.8 Å². The molecule has 0 bridgehead atoms. The molecule has 0 unspecified atom stereocenters. The number of nitrogens with zero attached hydrogens (tertiary/aromatic N) is 2. The van der Waals surface area contributed by atoms with Gasteiger partial charge in [0.15, 0.2) is 0 Å². The average Bonchev–Trinajstić information content (AvgIpc) is 2.35. The van der Waals surface area contributed by atoms with Crippen molar-refractivity contribution >= 4 is 10.0 Å². The summed E-state index contributed by atoms with van der Waals surface area (Å²) in [6.45, 7) is 6.68. The van der Waals surface area contributed by atoms with Gasteiger partial charge in [-0.15, -0.1) is 0 Å². The maximum atomic E-state index is 12.4. The number of hydrogen-bond acceptors (Lipinski definition) is 3. The first-order chi connectivity index (χ1) is 8.41. The Morgan fingerprint density at radius 3 is 2.56 bits per heavy atom. The lowest BCUT2D eigenvalue weighted by Gasteiger charge is -2.22. The highest BCUT2D eigenvalue weighted by Crippen LogP contribution is 2.17. The fourth-order valence-electron chi connectivity index (χ4n) is 1.68. The van der Waals surface area contributed by atoms with Gasteiger partial charge in [-0.3, -0.25) is 0 Å². The summed E-state index contributed by atoms with van der Waals surface area (Å²) in [4.78, 5) is 0.184. The molecule has 98 valence electrons. The van der Waals surface area contributed by atoms with Crippen LogP contribution >= 0.6 is 0 Å². The maximum absolute atomic E-state index is 12.4. The van der Waals surface area contributed by atoms with Crippen molar-refractivity contribution in [3.8, 4) is 6.07 Å². The minimum atomic E-state index is -3.50. The molecule has 18 heavy (non-hydrogen) atoms. The second kappa shape index (κ2) is 5.98. The van der Waals surface area contributed by atoms with Gasteiger partial charge in [-0.05, 0) is 24.1 Å². The van der Waals surface area contributed by atoms with E-state index in [1.807, 2.05) is 26.8 Å². The zero-order chi connectivity index (χ0) is 13.8. The van der Waals surface area contributed by atoms with Crippen LogP contribution in [0, 0.1) is 17.2 Å². The Balaban J connectivity index is 3.15. The van der Waals surface area contributed by atoms with Gasteiger partial charge < -0.3 is 0 Å². The van der Waals surface area contributed by atoms with Gasteiger partial charge in [0.2, 0.25) is 10.0 Å². The summed E-state index contributed by atoms with van der Waals surface area (Å²) < 4.78 is 26.2. The number of hydrogen-bond donors (Lipinski definition) is 0. The molecule has 0 saturated heterocycles. The van der Waals surface area contributed by atoms with Crippen LogP contribution in [0.25, 0.3) is 0 Å². The molecule has 0 spiro atoms. The number of rotatable bonds is 5. The highest BCUT2D eigenvalue weighted by molar-refractivity contribution is 7.89. The molecular formula is C13H18N2O2S. The van der Waals surface area contributed by atoms with E-state index in [0.29, 0.717) is 18.7 Å². The van der Waals surface area contributed by atoms with Crippen LogP contribution in [-0.2, 0) is 10.0 Å². The molecule has 1 aromatic rings. The summed E-state index contributed by atoms with van der Waals surface area (Å²) in [5.74, 6) is 0.263. The first-order valence-corrected chi connectivity index (χ1v) is 7.36. The van der Waals surface area contributed by atoms with Crippen LogP contribution in [0.2, 0.25) is 0 Å². The Morgan fingerprint density at radius 1 is 1.39 bits per heavy atom. The lowest BCUT2D eigenvalue weighted by molar-refractivity contribution is 0.381. The van der Waals surface area contributed by atoms with Gasteiger partial charge in [-0.25, -0.2) is 8.42 Å². The average molecular weight is 266 g/mol. The predicted molar refractivity (Wildman–Crippen MR) is 70.4 cm³/mol. The lowest BCUT2D eigenvalue weighted by atomic mass is 10.2. The Kier molecular flexibility index (Phi) is 4.88. The number of sulfonamides is 1. The highest BCUT2D eigenvalue weighted by Gasteiger charge is 2.23. The minimum absolute atomic E-state index is 0.184. The summed E-state index contributed by atoms with van der Waals surface area (Å²) in [6, 6.07) is 8.08. The van der Waals surface area contributed by atoms with Crippen molar-refractivity contribution in [2.24, 2.45) is 5.92 Å². The Morgan fingerprint density at radius 2 is 2.06 bits per heavy atom. The van der Waals surface area contributed by atoms with Gasteiger partial charge >= 0.3 is 0 Å². The van der Waals surface area contributed by atoms with E-state index < -0.39 is 10.0 Å². The molecule has 0 aromatic heterocycles. The van der Waals surface area contributed by atoms with Crippen molar-refractivity contribution in [1.82, 2.24) is 4.31 Å². The third-order valence-corrected chi connectivity index (χ3v) is 4.46. The van der Waals surface area contributed by atoms with Crippen LogP contribution in [0.5, 0.6) is 0 Å². The van der Waals surface area contributed by atoms with Gasteiger partial charge in [0.05, 0.1) is 16.5 Å². The first kappa shape index (κ1) is 14.7. The van der Waals surface area contributed by atoms with E-state index in [-0.39, 0.29) is 10.8 Å². The molecule has 0 amide bonds. The van der Waals surface area contributed by atoms with Crippen LogP contribution in [0.1, 0.15) is 26.3 Å². The summed E-state index contributed by atoms with van der Waals surface area (Å²) >= 11 is 0. The quantitative estimate of drug-likeness (QED) is 0.821. The fourth-order valence-corrected chi connectivity index (χ4v) is 3.34. The molecule has 0 fully saturated rings. The molecule has 0 radical (unpaired) electrons. The fraction of sp³-hybridized carbons (Fsp3) is 0.462. The summed E-state index contributed by atoms with van der Waals surface area (Å²) in [5.41, 5.74) is 0.358. The zero-order valence-electron chi connectivity index (χ0n) is 10.9. The molecular weight excluding hydrogens is 248 g/mol. The monoisotopic (exact) mass is 266 g/mol. The van der Waals surface area contributed by atoms with E-state index >= 15 is 0 Å². The Hall–Kier alpha value is -1.38. The first-order valence-electron chi connectivity index (χ1n) is 5.92. The van der Waals surface area contributed by atoms with Gasteiger partial charge in [-0.2, -0.15) is 9.57 Å². The van der Waals surface area contributed by atoms with Gasteiger partial charge in [-0.1, -0.05) is 26.8 Å². The van der Waals surface area contributed by atoms with Crippen LogP contribution in [0.15, 0.2) is 29.2 Å². The smallest absolute Gasteiger partial charge is 0.207 e. The van der Waals surface area contributed by atoms with Gasteiger partial charge in [0.25, 0.3) is 0 Å². The van der Waals surface area contributed by atoms with Crippen molar-refractivity contribution < 1.29 is 8.42 Å². The molecule has 0 atom stereocenters. The summed E-state index contributed by atoms with van der Waals surface area (Å²) in [6.07, 6.45) is 0.